The fourth-order valence-electron chi connectivity index (χ4n) is 1.50. The Morgan fingerprint density at radius 2 is 2.19 bits per heavy atom. The van der Waals surface area contributed by atoms with E-state index in [9.17, 15) is 0 Å². The second kappa shape index (κ2) is 4.80. The lowest BCUT2D eigenvalue weighted by Crippen LogP contribution is -2.04. The van der Waals surface area contributed by atoms with Gasteiger partial charge in [-0.2, -0.15) is 5.10 Å². The monoisotopic (exact) mass is 279 g/mol. The minimum Gasteiger partial charge on any atom is -0.324 e. The highest BCUT2D eigenvalue weighted by molar-refractivity contribution is 9.10. The fraction of sp³-hybridized carbons (Fsp3) is 0.250. The molecule has 3 nitrogen and oxygen atoms in total. The first-order valence-corrected chi connectivity index (χ1v) is 5.97. The number of aromatic nitrogens is 2. The third kappa shape index (κ3) is 2.51. The first-order valence-electron chi connectivity index (χ1n) is 5.18. The van der Waals surface area contributed by atoms with Gasteiger partial charge < -0.3 is 5.73 Å². The summed E-state index contributed by atoms with van der Waals surface area (Å²) < 4.78 is 3.01. The lowest BCUT2D eigenvalue weighted by atomic mass is 10.2. The van der Waals surface area contributed by atoms with Crippen molar-refractivity contribution in [2.24, 2.45) is 5.73 Å². The van der Waals surface area contributed by atoms with Gasteiger partial charge in [0.05, 0.1) is 12.7 Å². The van der Waals surface area contributed by atoms with Crippen LogP contribution in [-0.4, -0.2) is 9.78 Å². The van der Waals surface area contributed by atoms with Gasteiger partial charge in [0.1, 0.15) is 0 Å². The molecule has 1 unspecified atom stereocenters. The Kier molecular flexibility index (Phi) is 3.41. The molecule has 0 saturated carbocycles. The molecule has 2 rings (SSSR count). The summed E-state index contributed by atoms with van der Waals surface area (Å²) in [6.07, 6.45) is 3.81. The molecule has 2 N–H and O–H groups in total. The first kappa shape index (κ1) is 11.4. The van der Waals surface area contributed by atoms with Crippen molar-refractivity contribution in [3.63, 3.8) is 0 Å². The maximum atomic E-state index is 5.79. The van der Waals surface area contributed by atoms with E-state index in [1.54, 1.807) is 0 Å². The van der Waals surface area contributed by atoms with Gasteiger partial charge in [-0.15, -0.1) is 0 Å². The molecule has 0 saturated heterocycles. The fourth-order valence-corrected chi connectivity index (χ4v) is 1.91. The van der Waals surface area contributed by atoms with Crippen LogP contribution in [0.4, 0.5) is 0 Å². The van der Waals surface area contributed by atoms with Crippen molar-refractivity contribution in [3.05, 3.63) is 52.3 Å². The number of hydrogen-bond acceptors (Lipinski definition) is 2. The average molecular weight is 280 g/mol. The molecule has 0 radical (unpaired) electrons. The van der Waals surface area contributed by atoms with E-state index in [1.807, 2.05) is 42.2 Å². The lowest BCUT2D eigenvalue weighted by molar-refractivity contribution is 0.682. The van der Waals surface area contributed by atoms with Crippen molar-refractivity contribution >= 4 is 15.9 Å². The van der Waals surface area contributed by atoms with Crippen LogP contribution in [0.15, 0.2) is 41.1 Å². The zero-order valence-electron chi connectivity index (χ0n) is 9.10. The van der Waals surface area contributed by atoms with Crippen LogP contribution in [0.1, 0.15) is 24.1 Å². The number of benzene rings is 1. The highest BCUT2D eigenvalue weighted by Gasteiger charge is 2.04. The summed E-state index contributed by atoms with van der Waals surface area (Å²) in [7, 11) is 0. The molecule has 0 fully saturated rings. The Balaban J connectivity index is 2.18. The number of nitrogens with two attached hydrogens (primary N) is 1. The van der Waals surface area contributed by atoms with Crippen LogP contribution >= 0.6 is 15.9 Å². The van der Waals surface area contributed by atoms with Gasteiger partial charge in [-0.05, 0) is 18.6 Å². The molecule has 0 aliphatic heterocycles. The van der Waals surface area contributed by atoms with Crippen molar-refractivity contribution in [2.75, 3.05) is 0 Å². The van der Waals surface area contributed by atoms with Crippen LogP contribution in [0.3, 0.4) is 0 Å². The Morgan fingerprint density at radius 1 is 1.44 bits per heavy atom. The second-order valence-electron chi connectivity index (χ2n) is 3.85. The predicted octanol–water partition coefficient (Wildman–Crippen LogP) is 2.71. The van der Waals surface area contributed by atoms with E-state index < -0.39 is 0 Å². The van der Waals surface area contributed by atoms with Gasteiger partial charge >= 0.3 is 0 Å². The molecular formula is C12H14BrN3. The summed E-state index contributed by atoms with van der Waals surface area (Å²) in [6.45, 7) is 2.72. The lowest BCUT2D eigenvalue weighted by Gasteiger charge is -2.04. The maximum absolute atomic E-state index is 5.79. The van der Waals surface area contributed by atoms with E-state index in [-0.39, 0.29) is 6.04 Å². The molecular weight excluding hydrogens is 266 g/mol. The van der Waals surface area contributed by atoms with Crippen LogP contribution in [0.5, 0.6) is 0 Å². The van der Waals surface area contributed by atoms with Crippen LogP contribution in [-0.2, 0) is 6.54 Å². The highest BCUT2D eigenvalue weighted by Crippen LogP contribution is 2.17. The molecule has 0 aliphatic carbocycles. The standard InChI is InChI=1S/C12H14BrN3/c1-9(14)11-6-15-16(8-11)7-10-4-2-3-5-12(10)13/h2-6,8-9H,7,14H2,1H3. The predicted molar refractivity (Wildman–Crippen MR) is 68.1 cm³/mol. The molecule has 0 spiro atoms. The smallest absolute Gasteiger partial charge is 0.0670 e. The summed E-state index contributed by atoms with van der Waals surface area (Å²) in [4.78, 5) is 0. The summed E-state index contributed by atoms with van der Waals surface area (Å²) in [5.74, 6) is 0. The largest absolute Gasteiger partial charge is 0.324 e. The van der Waals surface area contributed by atoms with Gasteiger partial charge in [-0.3, -0.25) is 4.68 Å². The summed E-state index contributed by atoms with van der Waals surface area (Å²) in [5, 5.41) is 4.29. The van der Waals surface area contributed by atoms with E-state index in [2.05, 4.69) is 27.1 Å². The summed E-state index contributed by atoms with van der Waals surface area (Å²) in [6, 6.07) is 8.18. The first-order chi connectivity index (χ1) is 7.66. The van der Waals surface area contributed by atoms with E-state index in [0.717, 1.165) is 16.6 Å². The quantitative estimate of drug-likeness (QED) is 0.939. The van der Waals surface area contributed by atoms with Crippen molar-refractivity contribution < 1.29 is 0 Å². The van der Waals surface area contributed by atoms with Gasteiger partial charge in [-0.25, -0.2) is 0 Å². The summed E-state index contributed by atoms with van der Waals surface area (Å²) >= 11 is 3.52. The van der Waals surface area contributed by atoms with Gasteiger partial charge in [0.15, 0.2) is 0 Å². The molecule has 4 heteroatoms. The Labute approximate surface area is 103 Å². The molecule has 1 heterocycles. The van der Waals surface area contributed by atoms with Crippen LogP contribution in [0.25, 0.3) is 0 Å². The molecule has 0 bridgehead atoms. The maximum Gasteiger partial charge on any atom is 0.0670 e. The molecule has 0 aliphatic rings. The zero-order chi connectivity index (χ0) is 11.5. The van der Waals surface area contributed by atoms with Gasteiger partial charge in [0.2, 0.25) is 0 Å². The van der Waals surface area contributed by atoms with Crippen molar-refractivity contribution in [1.82, 2.24) is 9.78 Å². The number of rotatable bonds is 3. The van der Waals surface area contributed by atoms with Crippen LogP contribution in [0, 0.1) is 0 Å². The third-order valence-electron chi connectivity index (χ3n) is 2.47. The van der Waals surface area contributed by atoms with Crippen molar-refractivity contribution in [2.45, 2.75) is 19.5 Å². The van der Waals surface area contributed by atoms with E-state index in [4.69, 9.17) is 5.73 Å². The van der Waals surface area contributed by atoms with Crippen LogP contribution in [0.2, 0.25) is 0 Å². The molecule has 2 aromatic rings. The topological polar surface area (TPSA) is 43.8 Å². The van der Waals surface area contributed by atoms with E-state index in [1.165, 1.54) is 5.56 Å². The molecule has 84 valence electrons. The Hall–Kier alpha value is -1.13. The summed E-state index contributed by atoms with van der Waals surface area (Å²) in [5.41, 5.74) is 8.06. The molecule has 16 heavy (non-hydrogen) atoms. The minimum absolute atomic E-state index is 0.0352. The van der Waals surface area contributed by atoms with Crippen molar-refractivity contribution in [1.29, 1.82) is 0 Å². The zero-order valence-corrected chi connectivity index (χ0v) is 10.7. The third-order valence-corrected chi connectivity index (χ3v) is 3.24. The number of nitrogens with zero attached hydrogens (tertiary/aromatic N) is 2. The van der Waals surface area contributed by atoms with Crippen LogP contribution < -0.4 is 5.73 Å². The van der Waals surface area contributed by atoms with Gasteiger partial charge in [0.25, 0.3) is 0 Å². The molecule has 1 aromatic heterocycles. The minimum atomic E-state index is 0.0352. The SMILES string of the molecule is CC(N)c1cnn(Cc2ccccc2Br)c1. The second-order valence-corrected chi connectivity index (χ2v) is 4.71. The molecule has 1 atom stereocenters. The van der Waals surface area contributed by atoms with Crippen molar-refractivity contribution in [3.8, 4) is 0 Å². The van der Waals surface area contributed by atoms with Gasteiger partial charge in [-0.1, -0.05) is 34.1 Å². The average Bonchev–Trinajstić information content (AvgIpc) is 2.70. The Morgan fingerprint density at radius 3 is 2.81 bits per heavy atom. The Bertz CT molecular complexity index is 477. The molecule has 0 amide bonds. The van der Waals surface area contributed by atoms with Gasteiger partial charge in [0, 0.05) is 22.3 Å². The normalized spacial score (nSPS) is 12.7. The van der Waals surface area contributed by atoms with E-state index in [0.29, 0.717) is 0 Å². The number of hydrogen-bond donors (Lipinski definition) is 1. The molecule has 1 aromatic carbocycles. The highest BCUT2D eigenvalue weighted by atomic mass is 79.9. The number of halogens is 1. The van der Waals surface area contributed by atoms with E-state index >= 15 is 0 Å².